The third-order valence-corrected chi connectivity index (χ3v) is 7.86. The molecule has 1 unspecified atom stereocenters. The fourth-order valence-electron chi connectivity index (χ4n) is 5.62. The number of fused-ring (bicyclic) bond motifs is 1. The van der Waals surface area contributed by atoms with Gasteiger partial charge in [0.25, 0.3) is 5.91 Å². The van der Waals surface area contributed by atoms with E-state index in [0.717, 1.165) is 12.8 Å². The normalized spacial score (nSPS) is 24.2. The smallest absolute Gasteiger partial charge is 0.275 e. The summed E-state index contributed by atoms with van der Waals surface area (Å²) in [6.45, 7) is 1.98. The van der Waals surface area contributed by atoms with Crippen LogP contribution in [0.25, 0.3) is 10.9 Å². The largest absolute Gasteiger partial charge is 0.493 e. The molecule has 0 radical (unpaired) electrons. The van der Waals surface area contributed by atoms with Crippen molar-refractivity contribution in [2.24, 2.45) is 5.73 Å². The minimum Gasteiger partial charge on any atom is -0.493 e. The summed E-state index contributed by atoms with van der Waals surface area (Å²) < 4.78 is 32.7. The Balaban J connectivity index is 1.46. The molecule has 2 aliphatic rings. The lowest BCUT2D eigenvalue weighted by Gasteiger charge is -2.43. The van der Waals surface area contributed by atoms with Gasteiger partial charge in [-0.15, -0.1) is 0 Å². The summed E-state index contributed by atoms with van der Waals surface area (Å²) in [5, 5.41) is 3.63. The molecule has 2 saturated heterocycles. The lowest BCUT2D eigenvalue weighted by molar-refractivity contribution is -0.938. The molecular formula is C26H30ClFN5O4+. The minimum absolute atomic E-state index is 0.00462. The fraction of sp³-hybridized carbons (Fsp3) is 0.423. The number of nitrogens with two attached hydrogens (primary N) is 1. The number of ether oxygens (including phenoxy) is 3. The van der Waals surface area contributed by atoms with Gasteiger partial charge in [-0.3, -0.25) is 4.79 Å². The first-order valence-corrected chi connectivity index (χ1v) is 12.6. The molecule has 0 bridgehead atoms. The van der Waals surface area contributed by atoms with E-state index >= 15 is 0 Å². The van der Waals surface area contributed by atoms with E-state index in [0.29, 0.717) is 58.9 Å². The molecule has 11 heteroatoms. The summed E-state index contributed by atoms with van der Waals surface area (Å²) in [6.07, 6.45) is 3.37. The van der Waals surface area contributed by atoms with Crippen molar-refractivity contribution in [2.45, 2.75) is 37.5 Å². The number of quaternary nitrogens is 1. The number of primary amides is 1. The molecule has 9 nitrogen and oxygen atoms in total. The molecule has 3 aromatic rings. The van der Waals surface area contributed by atoms with Crippen LogP contribution in [-0.2, 0) is 9.53 Å². The van der Waals surface area contributed by atoms with Gasteiger partial charge in [-0.05, 0) is 18.2 Å². The molecule has 3 N–H and O–H groups in total. The highest BCUT2D eigenvalue weighted by atomic mass is 35.5. The number of rotatable bonds is 7. The summed E-state index contributed by atoms with van der Waals surface area (Å²) >= 11 is 5.95. The van der Waals surface area contributed by atoms with Gasteiger partial charge in [0.1, 0.15) is 18.7 Å². The molecule has 3 atom stereocenters. The van der Waals surface area contributed by atoms with Gasteiger partial charge in [0.15, 0.2) is 29.5 Å². The van der Waals surface area contributed by atoms with E-state index < -0.39 is 5.82 Å². The van der Waals surface area contributed by atoms with Crippen molar-refractivity contribution in [3.05, 3.63) is 47.5 Å². The van der Waals surface area contributed by atoms with Crippen LogP contribution < -0.4 is 20.5 Å². The first-order valence-electron chi connectivity index (χ1n) is 12.2. The zero-order valence-electron chi connectivity index (χ0n) is 20.7. The Hall–Kier alpha value is -3.21. The van der Waals surface area contributed by atoms with E-state index in [1.165, 1.54) is 12.4 Å². The molecule has 1 aromatic heterocycles. The van der Waals surface area contributed by atoms with Crippen LogP contribution in [0.5, 0.6) is 11.5 Å². The number of halogens is 2. The molecule has 37 heavy (non-hydrogen) atoms. The van der Waals surface area contributed by atoms with E-state index in [1.54, 1.807) is 31.4 Å². The number of likely N-dealkylation sites (N-methyl/N-ethyl adjacent to an activating group) is 1. The number of likely N-dealkylation sites (tertiary alicyclic amines) is 1. The predicted molar refractivity (Wildman–Crippen MR) is 138 cm³/mol. The molecule has 0 spiro atoms. The van der Waals surface area contributed by atoms with Crippen molar-refractivity contribution in [2.75, 3.05) is 39.2 Å². The van der Waals surface area contributed by atoms with Crippen molar-refractivity contribution in [1.82, 2.24) is 9.97 Å². The van der Waals surface area contributed by atoms with Gasteiger partial charge in [-0.2, -0.15) is 0 Å². The quantitative estimate of drug-likeness (QED) is 0.447. The number of nitrogens with one attached hydrogen (secondary N) is 1. The van der Waals surface area contributed by atoms with Gasteiger partial charge in [0, 0.05) is 24.3 Å². The number of hydrogen-bond acceptors (Lipinski definition) is 7. The Kier molecular flexibility index (Phi) is 7.06. The summed E-state index contributed by atoms with van der Waals surface area (Å²) in [5.41, 5.74) is 6.63. The zero-order chi connectivity index (χ0) is 26.2. The Bertz CT molecular complexity index is 1320. The summed E-state index contributed by atoms with van der Waals surface area (Å²) in [4.78, 5) is 21.1. The second-order valence-corrected chi connectivity index (χ2v) is 10.1. The maximum atomic E-state index is 14.6. The minimum atomic E-state index is -0.575. The van der Waals surface area contributed by atoms with Gasteiger partial charge in [0.05, 0.1) is 56.1 Å². The Morgan fingerprint density at radius 3 is 2.76 bits per heavy atom. The molecule has 2 fully saturated rings. The van der Waals surface area contributed by atoms with Gasteiger partial charge in [-0.25, -0.2) is 14.4 Å². The van der Waals surface area contributed by atoms with Crippen LogP contribution in [0.2, 0.25) is 5.02 Å². The first-order chi connectivity index (χ1) is 17.8. The van der Waals surface area contributed by atoms with Crippen molar-refractivity contribution in [3.63, 3.8) is 0 Å². The van der Waals surface area contributed by atoms with Crippen LogP contribution in [0, 0.1) is 5.82 Å². The number of amides is 1. The van der Waals surface area contributed by atoms with E-state index in [4.69, 9.17) is 31.5 Å². The lowest BCUT2D eigenvalue weighted by Crippen LogP contribution is -2.61. The number of carbonyl (C=O) groups excluding carboxylic acids is 1. The van der Waals surface area contributed by atoms with Gasteiger partial charge in [-0.1, -0.05) is 17.7 Å². The summed E-state index contributed by atoms with van der Waals surface area (Å²) in [5.74, 6) is 0.466. The SMILES string of the molecule is COc1cc2ncnc(Nc3cccc(Cl)c3F)c2cc1O[C@H]1C[C@H](C(N)=O)[N+](C)(C2CCOCC2)C1. The fourth-order valence-corrected chi connectivity index (χ4v) is 5.80. The predicted octanol–water partition coefficient (Wildman–Crippen LogP) is 3.81. The molecule has 2 aliphatic heterocycles. The number of aromatic nitrogens is 2. The third-order valence-electron chi connectivity index (χ3n) is 7.57. The monoisotopic (exact) mass is 530 g/mol. The van der Waals surface area contributed by atoms with Crippen LogP contribution in [0.4, 0.5) is 15.9 Å². The maximum absolute atomic E-state index is 14.6. The van der Waals surface area contributed by atoms with Crippen LogP contribution >= 0.6 is 11.6 Å². The summed E-state index contributed by atoms with van der Waals surface area (Å²) in [6, 6.07) is 8.14. The third kappa shape index (κ3) is 4.88. The maximum Gasteiger partial charge on any atom is 0.275 e. The first kappa shape index (κ1) is 25.4. The standard InChI is InChI=1S/C26H29ClFN5O4/c1-33(15-6-8-36-9-7-15)13-16(10-21(33)25(29)34)37-23-11-17-20(12-22(23)35-2)30-14-31-26(17)32-19-5-3-4-18(27)24(19)28/h3-5,11-12,14-16,21H,6-10,13H2,1-2H3,(H2-,29,30,31,32,34)/p+1/t16-,21+,33?/m0/s1. The molecular weight excluding hydrogens is 501 g/mol. The summed E-state index contributed by atoms with van der Waals surface area (Å²) in [7, 11) is 3.64. The number of anilines is 2. The van der Waals surface area contributed by atoms with Crippen LogP contribution in [-0.4, -0.2) is 72.5 Å². The Labute approximate surface area is 219 Å². The highest BCUT2D eigenvalue weighted by Crippen LogP contribution is 2.39. The Morgan fingerprint density at radius 2 is 2.03 bits per heavy atom. The molecule has 2 aromatic carbocycles. The van der Waals surface area contributed by atoms with E-state index in [1.807, 2.05) is 0 Å². The van der Waals surface area contributed by atoms with Crippen LogP contribution in [0.1, 0.15) is 19.3 Å². The average Bonchev–Trinajstić information content (AvgIpc) is 3.24. The second kappa shape index (κ2) is 10.3. The van der Waals surface area contributed by atoms with Crippen molar-refractivity contribution in [1.29, 1.82) is 0 Å². The lowest BCUT2D eigenvalue weighted by atomic mass is 10.0. The molecule has 1 amide bonds. The van der Waals surface area contributed by atoms with Gasteiger partial charge >= 0.3 is 0 Å². The van der Waals surface area contributed by atoms with Crippen molar-refractivity contribution in [3.8, 4) is 11.5 Å². The molecule has 3 heterocycles. The second-order valence-electron chi connectivity index (χ2n) is 9.74. The highest BCUT2D eigenvalue weighted by Gasteiger charge is 2.52. The van der Waals surface area contributed by atoms with E-state index in [2.05, 4.69) is 22.3 Å². The highest BCUT2D eigenvalue weighted by molar-refractivity contribution is 6.31. The van der Waals surface area contributed by atoms with Gasteiger partial charge < -0.3 is 29.7 Å². The van der Waals surface area contributed by atoms with E-state index in [-0.39, 0.29) is 34.8 Å². The molecule has 5 rings (SSSR count). The number of benzene rings is 2. The molecule has 0 aliphatic carbocycles. The average molecular weight is 531 g/mol. The van der Waals surface area contributed by atoms with Crippen molar-refractivity contribution < 1.29 is 27.9 Å². The number of carbonyl (C=O) groups is 1. The number of nitrogens with zero attached hydrogens (tertiary/aromatic N) is 3. The molecule has 0 saturated carbocycles. The van der Waals surface area contributed by atoms with Crippen LogP contribution in [0.15, 0.2) is 36.7 Å². The van der Waals surface area contributed by atoms with Gasteiger partial charge in [0.2, 0.25) is 0 Å². The van der Waals surface area contributed by atoms with E-state index in [9.17, 15) is 9.18 Å². The topological polar surface area (TPSA) is 109 Å². The number of hydrogen-bond donors (Lipinski definition) is 2. The molecule has 196 valence electrons. The van der Waals surface area contributed by atoms with Crippen molar-refractivity contribution >= 4 is 39.9 Å². The zero-order valence-corrected chi connectivity index (χ0v) is 21.5. The van der Waals surface area contributed by atoms with Crippen LogP contribution in [0.3, 0.4) is 0 Å². The Morgan fingerprint density at radius 1 is 1.24 bits per heavy atom. The number of methoxy groups -OCH3 is 1.